The molecule has 3 nitrogen and oxygen atoms in total. The summed E-state index contributed by atoms with van der Waals surface area (Å²) in [5.41, 5.74) is 2.44. The zero-order valence-electron chi connectivity index (χ0n) is 16.0. The van der Waals surface area contributed by atoms with E-state index >= 15 is 0 Å². The van der Waals surface area contributed by atoms with E-state index in [0.29, 0.717) is 0 Å². The summed E-state index contributed by atoms with van der Waals surface area (Å²) in [6.45, 7) is 0. The molecule has 0 atom stereocenters. The number of benzene rings is 4. The smallest absolute Gasteiger partial charge is 0.120 e. The molecule has 0 aliphatic rings. The van der Waals surface area contributed by atoms with E-state index in [9.17, 15) is 10.2 Å². The van der Waals surface area contributed by atoms with Crippen LogP contribution < -0.4 is 12.4 Å². The molecule has 0 saturated carbocycles. The van der Waals surface area contributed by atoms with Gasteiger partial charge < -0.3 is 22.6 Å². The minimum Gasteiger partial charge on any atom is -1.00 e. The van der Waals surface area contributed by atoms with E-state index in [0.717, 1.165) is 38.2 Å². The molecule has 0 fully saturated rings. The number of halogens is 1. The first-order valence-corrected chi connectivity index (χ1v) is 9.55. The summed E-state index contributed by atoms with van der Waals surface area (Å²) in [7, 11) is 0. The van der Waals surface area contributed by atoms with Gasteiger partial charge in [-0.15, -0.1) is 0 Å². The third-order valence-electron chi connectivity index (χ3n) is 5.49. The molecule has 2 N–H and O–H groups in total. The number of hydrogen-bond acceptors (Lipinski definition) is 3. The second-order valence-corrected chi connectivity index (χ2v) is 7.16. The van der Waals surface area contributed by atoms with E-state index < -0.39 is 0 Å². The van der Waals surface area contributed by atoms with Crippen molar-refractivity contribution in [3.05, 3.63) is 114 Å². The van der Waals surface area contributed by atoms with Crippen molar-refractivity contribution in [3.63, 3.8) is 0 Å². The third kappa shape index (κ3) is 3.23. The zero-order valence-corrected chi connectivity index (χ0v) is 16.8. The van der Waals surface area contributed by atoms with E-state index in [4.69, 9.17) is 0 Å². The third-order valence-corrected chi connectivity index (χ3v) is 5.49. The van der Waals surface area contributed by atoms with Gasteiger partial charge in [-0.3, -0.25) is 4.98 Å². The van der Waals surface area contributed by atoms with Crippen LogP contribution in [0.15, 0.2) is 97.3 Å². The van der Waals surface area contributed by atoms with Crippen LogP contribution >= 0.6 is 0 Å². The van der Waals surface area contributed by atoms with Crippen LogP contribution in [0.4, 0.5) is 0 Å². The van der Waals surface area contributed by atoms with Crippen molar-refractivity contribution in [2.45, 2.75) is 5.92 Å². The van der Waals surface area contributed by atoms with Crippen molar-refractivity contribution in [2.75, 3.05) is 0 Å². The van der Waals surface area contributed by atoms with Crippen LogP contribution in [0.25, 0.3) is 21.5 Å². The highest BCUT2D eigenvalue weighted by atomic mass is 35.5. The summed E-state index contributed by atoms with van der Waals surface area (Å²) in [6, 6.07) is 27.1. The van der Waals surface area contributed by atoms with Gasteiger partial charge >= 0.3 is 0 Å². The fourth-order valence-corrected chi connectivity index (χ4v) is 4.20. The van der Waals surface area contributed by atoms with Gasteiger partial charge in [-0.1, -0.05) is 66.7 Å². The van der Waals surface area contributed by atoms with Crippen molar-refractivity contribution < 1.29 is 22.6 Å². The van der Waals surface area contributed by atoms with E-state index in [2.05, 4.69) is 4.98 Å². The molecular weight excluding hydrogens is 394 g/mol. The highest BCUT2D eigenvalue weighted by Crippen LogP contribution is 2.46. The Kier molecular flexibility index (Phi) is 5.30. The Labute approximate surface area is 180 Å². The summed E-state index contributed by atoms with van der Waals surface area (Å²) in [5.74, 6) is 0.0238. The van der Waals surface area contributed by atoms with Crippen LogP contribution in [0, 0.1) is 0 Å². The van der Waals surface area contributed by atoms with Crippen LogP contribution in [0.2, 0.25) is 0 Å². The van der Waals surface area contributed by atoms with Crippen molar-refractivity contribution in [2.24, 2.45) is 0 Å². The lowest BCUT2D eigenvalue weighted by Gasteiger charge is -2.24. The normalized spacial score (nSPS) is 11.0. The van der Waals surface area contributed by atoms with Gasteiger partial charge in [-0.05, 0) is 45.3 Å². The predicted molar refractivity (Wildman–Crippen MR) is 116 cm³/mol. The Morgan fingerprint density at radius 2 is 1.13 bits per heavy atom. The van der Waals surface area contributed by atoms with E-state index in [1.165, 1.54) is 0 Å². The Morgan fingerprint density at radius 1 is 0.600 bits per heavy atom. The number of aromatic nitrogens is 1. The number of hydrogen-bond donors (Lipinski definition) is 2. The van der Waals surface area contributed by atoms with Gasteiger partial charge in [-0.2, -0.15) is 0 Å². The topological polar surface area (TPSA) is 53.4 Å². The lowest BCUT2D eigenvalue weighted by atomic mass is 9.80. The minimum atomic E-state index is -0.374. The Balaban J connectivity index is 0.00000218. The first-order chi connectivity index (χ1) is 14.2. The summed E-state index contributed by atoms with van der Waals surface area (Å²) < 4.78 is 0. The average molecular weight is 413 g/mol. The number of nitrogens with zero attached hydrogens (tertiary/aromatic N) is 1. The van der Waals surface area contributed by atoms with E-state index in [1.54, 1.807) is 24.5 Å². The largest absolute Gasteiger partial charge is 1.00 e. The number of rotatable bonds is 3. The monoisotopic (exact) mass is 412 g/mol. The molecule has 0 unspecified atom stereocenters. The van der Waals surface area contributed by atoms with Gasteiger partial charge in [0.2, 0.25) is 0 Å². The fourth-order valence-electron chi connectivity index (χ4n) is 4.20. The highest BCUT2D eigenvalue weighted by molar-refractivity contribution is 5.93. The second kappa shape index (κ2) is 8.05. The summed E-state index contributed by atoms with van der Waals surface area (Å²) in [6.07, 6.45) is 3.53. The number of pyridine rings is 1. The molecule has 4 aromatic carbocycles. The lowest BCUT2D eigenvalue weighted by Crippen LogP contribution is -3.00. The molecule has 0 aliphatic carbocycles. The van der Waals surface area contributed by atoms with Crippen molar-refractivity contribution in [1.29, 1.82) is 0 Å². The Bertz CT molecular complexity index is 1250. The first-order valence-electron chi connectivity index (χ1n) is 9.55. The molecule has 5 aromatic rings. The maximum Gasteiger partial charge on any atom is 0.120 e. The SMILES string of the molecule is Oc1ccc2ccccc2c1C(c1cccnc1)c1c(O)ccc2ccccc12.[Cl-]. The first kappa shape index (κ1) is 19.7. The van der Waals surface area contributed by atoms with Gasteiger partial charge in [0, 0.05) is 29.4 Å². The second-order valence-electron chi connectivity index (χ2n) is 7.16. The van der Waals surface area contributed by atoms with Crippen molar-refractivity contribution in [3.8, 4) is 11.5 Å². The van der Waals surface area contributed by atoms with Gasteiger partial charge in [0.05, 0.1) is 0 Å². The minimum absolute atomic E-state index is 0. The number of aromatic hydroxyl groups is 2. The average Bonchev–Trinajstić information content (AvgIpc) is 2.77. The molecule has 0 amide bonds. The van der Waals surface area contributed by atoms with E-state index in [-0.39, 0.29) is 29.8 Å². The van der Waals surface area contributed by atoms with Gasteiger partial charge in [0.15, 0.2) is 0 Å². The quantitative estimate of drug-likeness (QED) is 0.479. The van der Waals surface area contributed by atoms with Gasteiger partial charge in [0.25, 0.3) is 0 Å². The molecule has 1 aromatic heterocycles. The number of phenolic OH excluding ortho intramolecular Hbond substituents is 2. The summed E-state index contributed by atoms with van der Waals surface area (Å²) in [5, 5.41) is 25.9. The fraction of sp³-hybridized carbons (Fsp3) is 0.0385. The maximum absolute atomic E-state index is 11.0. The Hall–Kier alpha value is -3.56. The van der Waals surface area contributed by atoms with Crippen LogP contribution in [-0.4, -0.2) is 15.2 Å². The molecule has 0 spiro atoms. The van der Waals surface area contributed by atoms with E-state index in [1.807, 2.05) is 72.8 Å². The molecule has 0 saturated heterocycles. The molecular formula is C26H19ClNO2-. The van der Waals surface area contributed by atoms with Crippen molar-refractivity contribution in [1.82, 2.24) is 4.98 Å². The summed E-state index contributed by atoms with van der Waals surface area (Å²) >= 11 is 0. The maximum atomic E-state index is 11.0. The van der Waals surface area contributed by atoms with Crippen LogP contribution in [0.1, 0.15) is 22.6 Å². The molecule has 148 valence electrons. The van der Waals surface area contributed by atoms with Gasteiger partial charge in [0.1, 0.15) is 11.5 Å². The molecule has 0 radical (unpaired) electrons. The molecule has 5 rings (SSSR count). The van der Waals surface area contributed by atoms with Crippen LogP contribution in [-0.2, 0) is 0 Å². The van der Waals surface area contributed by atoms with Gasteiger partial charge in [-0.25, -0.2) is 0 Å². The number of phenols is 2. The van der Waals surface area contributed by atoms with Crippen LogP contribution in [0.5, 0.6) is 11.5 Å². The zero-order chi connectivity index (χ0) is 19.8. The molecule has 0 aliphatic heterocycles. The standard InChI is InChI=1S/C26H19NO2.ClH/c28-22-13-11-17-6-1-3-9-20(17)25(22)24(19-8-5-15-27-16-19)26-21-10-4-2-7-18(21)12-14-23(26)29;/h1-16,24,28-29H;1H/p-1. The molecule has 30 heavy (non-hydrogen) atoms. The molecule has 0 bridgehead atoms. The molecule has 4 heteroatoms. The lowest BCUT2D eigenvalue weighted by molar-refractivity contribution is -0.00000760. The van der Waals surface area contributed by atoms with Crippen molar-refractivity contribution >= 4 is 21.5 Å². The predicted octanol–water partition coefficient (Wildman–Crippen LogP) is 2.98. The number of fused-ring (bicyclic) bond motifs is 2. The van der Waals surface area contributed by atoms with Crippen LogP contribution in [0.3, 0.4) is 0 Å². The summed E-state index contributed by atoms with van der Waals surface area (Å²) in [4.78, 5) is 4.31. The molecule has 1 heterocycles. The highest BCUT2D eigenvalue weighted by Gasteiger charge is 2.26. The Morgan fingerprint density at radius 3 is 1.63 bits per heavy atom.